The van der Waals surface area contributed by atoms with E-state index < -0.39 is 0 Å². The normalized spacial score (nSPS) is 16.3. The number of rotatable bonds is 4. The topological polar surface area (TPSA) is 61.4 Å². The highest BCUT2D eigenvalue weighted by Crippen LogP contribution is 2.36. The lowest BCUT2D eigenvalue weighted by atomic mass is 9.86. The zero-order valence-corrected chi connectivity index (χ0v) is 17.7. The molecule has 1 aliphatic rings. The first-order valence-corrected chi connectivity index (χ1v) is 10.5. The average Bonchev–Trinajstić information content (AvgIpc) is 3.45. The Hall–Kier alpha value is -3.67. The first kappa shape index (κ1) is 19.3. The number of aryl methyl sites for hydroxylation is 1. The molecule has 3 aromatic heterocycles. The lowest BCUT2D eigenvalue weighted by molar-refractivity contribution is -0.145. The van der Waals surface area contributed by atoms with E-state index in [0.717, 1.165) is 40.6 Å². The molecule has 0 spiro atoms. The molecule has 0 N–H and O–H groups in total. The highest BCUT2D eigenvalue weighted by Gasteiger charge is 2.24. The van der Waals surface area contributed by atoms with Crippen molar-refractivity contribution in [1.82, 2.24) is 19.4 Å². The van der Waals surface area contributed by atoms with Crippen molar-refractivity contribution in [3.05, 3.63) is 72.8 Å². The van der Waals surface area contributed by atoms with Gasteiger partial charge in [0.1, 0.15) is 0 Å². The number of hydrogen-bond donors (Lipinski definition) is 0. The van der Waals surface area contributed by atoms with Gasteiger partial charge in [-0.25, -0.2) is 4.52 Å². The van der Waals surface area contributed by atoms with Crippen molar-refractivity contribution >= 4 is 17.1 Å². The number of aromatic nitrogens is 4. The first-order valence-electron chi connectivity index (χ1n) is 10.5. The molecule has 6 nitrogen and oxygen atoms in total. The van der Waals surface area contributed by atoms with E-state index >= 15 is 0 Å². The second-order valence-corrected chi connectivity index (χ2v) is 7.98. The molecule has 0 saturated carbocycles. The third-order valence-electron chi connectivity index (χ3n) is 6.07. The first-order chi connectivity index (χ1) is 15.1. The Bertz CT molecular complexity index is 1280. The fourth-order valence-corrected chi connectivity index (χ4v) is 4.39. The number of allylic oxidation sites excluding steroid dienone is 2. The Labute approximate surface area is 180 Å². The lowest BCUT2D eigenvalue weighted by Gasteiger charge is -2.21. The van der Waals surface area contributed by atoms with Crippen molar-refractivity contribution in [1.29, 1.82) is 0 Å². The molecule has 1 aromatic carbocycles. The molecule has 1 unspecified atom stereocenters. The zero-order chi connectivity index (χ0) is 21.4. The maximum atomic E-state index is 11.9. The molecule has 1 atom stereocenters. The van der Waals surface area contributed by atoms with Crippen LogP contribution in [0.25, 0.3) is 33.3 Å². The van der Waals surface area contributed by atoms with Crippen LogP contribution in [0, 0.1) is 5.92 Å². The van der Waals surface area contributed by atoms with E-state index in [9.17, 15) is 4.79 Å². The van der Waals surface area contributed by atoms with Crippen molar-refractivity contribution in [2.24, 2.45) is 13.0 Å². The molecule has 4 aromatic rings. The number of hydrogen-bond acceptors (Lipinski definition) is 4. The fraction of sp³-hybridized carbons (Fsp3) is 0.240. The number of esters is 1. The summed E-state index contributed by atoms with van der Waals surface area (Å²) in [7, 11) is 3.38. The minimum Gasteiger partial charge on any atom is -0.469 e. The van der Waals surface area contributed by atoms with E-state index in [1.165, 1.54) is 18.2 Å². The monoisotopic (exact) mass is 412 g/mol. The van der Waals surface area contributed by atoms with Crippen molar-refractivity contribution in [3.8, 4) is 22.3 Å². The van der Waals surface area contributed by atoms with Gasteiger partial charge in [-0.1, -0.05) is 36.4 Å². The van der Waals surface area contributed by atoms with Gasteiger partial charge in [0.2, 0.25) is 0 Å². The predicted octanol–water partition coefficient (Wildman–Crippen LogP) is 4.76. The molecule has 3 heterocycles. The van der Waals surface area contributed by atoms with Gasteiger partial charge in [-0.2, -0.15) is 10.2 Å². The Morgan fingerprint density at radius 1 is 1.03 bits per heavy atom. The van der Waals surface area contributed by atoms with Crippen LogP contribution in [-0.2, 0) is 16.6 Å². The van der Waals surface area contributed by atoms with Crippen LogP contribution in [0.1, 0.15) is 24.8 Å². The van der Waals surface area contributed by atoms with Gasteiger partial charge in [-0.15, -0.1) is 0 Å². The standard InChI is InChI=1S/C25H24N4O2/c1-28-16-21(14-26-28)17-5-7-19(8-6-17)23-15-27-29-13-3-4-22(24(23)29)18-9-11-20(12-10-18)25(30)31-2/h3-9,13-16,20H,10-12H2,1-2H3. The SMILES string of the molecule is COC(=O)C1CC=C(c2cccn3ncc(-c4ccc(-c5cnn(C)c5)cc4)c23)CC1. The van der Waals surface area contributed by atoms with E-state index in [2.05, 4.69) is 46.6 Å². The Morgan fingerprint density at radius 2 is 1.84 bits per heavy atom. The number of ether oxygens (including phenoxy) is 1. The van der Waals surface area contributed by atoms with E-state index in [0.29, 0.717) is 6.42 Å². The average molecular weight is 412 g/mol. The highest BCUT2D eigenvalue weighted by atomic mass is 16.5. The van der Waals surface area contributed by atoms with Crippen LogP contribution in [-0.4, -0.2) is 32.5 Å². The maximum Gasteiger partial charge on any atom is 0.308 e. The zero-order valence-electron chi connectivity index (χ0n) is 17.7. The maximum absolute atomic E-state index is 11.9. The minimum absolute atomic E-state index is 0.0436. The van der Waals surface area contributed by atoms with Gasteiger partial charge >= 0.3 is 5.97 Å². The number of carbonyl (C=O) groups is 1. The molecular weight excluding hydrogens is 388 g/mol. The number of carbonyl (C=O) groups excluding carboxylic acids is 1. The fourth-order valence-electron chi connectivity index (χ4n) is 4.39. The molecule has 0 aliphatic heterocycles. The van der Waals surface area contributed by atoms with Gasteiger partial charge in [0, 0.05) is 36.1 Å². The molecule has 156 valence electrons. The summed E-state index contributed by atoms with van der Waals surface area (Å²) in [4.78, 5) is 11.9. The van der Waals surface area contributed by atoms with Crippen LogP contribution in [0.2, 0.25) is 0 Å². The highest BCUT2D eigenvalue weighted by molar-refractivity contribution is 5.91. The van der Waals surface area contributed by atoms with Crippen molar-refractivity contribution in [3.63, 3.8) is 0 Å². The number of fused-ring (bicyclic) bond motifs is 1. The predicted molar refractivity (Wildman–Crippen MR) is 120 cm³/mol. The largest absolute Gasteiger partial charge is 0.469 e. The Balaban J connectivity index is 1.51. The van der Waals surface area contributed by atoms with Gasteiger partial charge in [0.15, 0.2) is 0 Å². The Kier molecular flexibility index (Phi) is 4.90. The van der Waals surface area contributed by atoms with E-state index in [4.69, 9.17) is 4.74 Å². The van der Waals surface area contributed by atoms with E-state index in [1.54, 1.807) is 0 Å². The smallest absolute Gasteiger partial charge is 0.308 e. The molecule has 0 amide bonds. The third kappa shape index (κ3) is 3.54. The second kappa shape index (κ2) is 7.87. The number of nitrogens with zero attached hydrogens (tertiary/aromatic N) is 4. The molecule has 0 fully saturated rings. The molecule has 5 rings (SSSR count). The van der Waals surface area contributed by atoms with Crippen LogP contribution in [0.3, 0.4) is 0 Å². The second-order valence-electron chi connectivity index (χ2n) is 7.98. The molecule has 0 bridgehead atoms. The van der Waals surface area contributed by atoms with E-state index in [1.807, 2.05) is 47.1 Å². The summed E-state index contributed by atoms with van der Waals surface area (Å²) in [5.41, 5.74) is 8.00. The van der Waals surface area contributed by atoms with Crippen LogP contribution in [0.15, 0.2) is 67.3 Å². The van der Waals surface area contributed by atoms with E-state index in [-0.39, 0.29) is 11.9 Å². The molecule has 1 aliphatic carbocycles. The molecule has 31 heavy (non-hydrogen) atoms. The van der Waals surface area contributed by atoms with Gasteiger partial charge in [-0.05, 0) is 42.0 Å². The minimum atomic E-state index is -0.118. The van der Waals surface area contributed by atoms with Crippen molar-refractivity contribution in [2.75, 3.05) is 7.11 Å². The van der Waals surface area contributed by atoms with Crippen LogP contribution >= 0.6 is 0 Å². The summed E-state index contributed by atoms with van der Waals surface area (Å²) in [5, 5.41) is 8.85. The van der Waals surface area contributed by atoms with Crippen LogP contribution in [0.5, 0.6) is 0 Å². The van der Waals surface area contributed by atoms with Crippen molar-refractivity contribution < 1.29 is 9.53 Å². The summed E-state index contributed by atoms with van der Waals surface area (Å²) in [6.45, 7) is 0. The van der Waals surface area contributed by atoms with Gasteiger partial charge in [0.25, 0.3) is 0 Å². The molecule has 0 radical (unpaired) electrons. The Morgan fingerprint density at radius 3 is 2.52 bits per heavy atom. The van der Waals surface area contributed by atoms with Crippen LogP contribution < -0.4 is 0 Å². The van der Waals surface area contributed by atoms with Gasteiger partial charge in [0.05, 0.1) is 30.9 Å². The summed E-state index contributed by atoms with van der Waals surface area (Å²) >= 11 is 0. The number of pyridine rings is 1. The lowest BCUT2D eigenvalue weighted by Crippen LogP contribution is -2.18. The molecular formula is C25H24N4O2. The summed E-state index contributed by atoms with van der Waals surface area (Å²) in [6.07, 6.45) is 12.4. The van der Waals surface area contributed by atoms with Gasteiger partial charge < -0.3 is 4.74 Å². The summed E-state index contributed by atoms with van der Waals surface area (Å²) < 4.78 is 8.67. The van der Waals surface area contributed by atoms with Crippen LogP contribution in [0.4, 0.5) is 0 Å². The van der Waals surface area contributed by atoms with Crippen molar-refractivity contribution in [2.45, 2.75) is 19.3 Å². The summed E-state index contributed by atoms with van der Waals surface area (Å²) in [6, 6.07) is 12.7. The molecule has 6 heteroatoms. The quantitative estimate of drug-likeness (QED) is 0.454. The third-order valence-corrected chi connectivity index (χ3v) is 6.07. The summed E-state index contributed by atoms with van der Waals surface area (Å²) in [5.74, 6) is -0.162. The number of methoxy groups -OCH3 is 1. The number of benzene rings is 1. The van der Waals surface area contributed by atoms with Gasteiger partial charge in [-0.3, -0.25) is 9.48 Å². The molecule has 0 saturated heterocycles.